The van der Waals surface area contributed by atoms with Gasteiger partial charge in [-0.1, -0.05) is 28.1 Å². The first-order valence-corrected chi connectivity index (χ1v) is 4.52. The smallest absolute Gasteiger partial charge is 0.0439 e. The Morgan fingerprint density at radius 1 is 1.33 bits per heavy atom. The molecule has 0 radical (unpaired) electrons. The van der Waals surface area contributed by atoms with Gasteiger partial charge in [0.15, 0.2) is 0 Å². The van der Waals surface area contributed by atoms with Gasteiger partial charge >= 0.3 is 0 Å². The van der Waals surface area contributed by atoms with Crippen LogP contribution >= 0.6 is 15.9 Å². The summed E-state index contributed by atoms with van der Waals surface area (Å²) in [4.78, 5) is 0. The maximum atomic E-state index is 8.15. The van der Waals surface area contributed by atoms with Gasteiger partial charge in [0.2, 0.25) is 0 Å². The standard InChI is InChI=1S/C9H10BrNO/c10-9-5-3-8(4-6-9)2-1-7-11-12/h3-7,12H,1-2H2. The molecule has 1 aromatic carbocycles. The Bertz CT molecular complexity index is 256. The average molecular weight is 228 g/mol. The van der Waals surface area contributed by atoms with Crippen LogP contribution in [0.1, 0.15) is 12.0 Å². The van der Waals surface area contributed by atoms with Gasteiger partial charge in [0.05, 0.1) is 0 Å². The van der Waals surface area contributed by atoms with Crippen LogP contribution in [0.3, 0.4) is 0 Å². The second-order valence-electron chi connectivity index (χ2n) is 2.46. The Kier molecular flexibility index (Phi) is 3.80. The van der Waals surface area contributed by atoms with Crippen molar-refractivity contribution in [2.45, 2.75) is 12.8 Å². The molecular weight excluding hydrogens is 218 g/mol. The first-order chi connectivity index (χ1) is 5.83. The number of aryl methyl sites for hydroxylation is 1. The summed E-state index contributed by atoms with van der Waals surface area (Å²) in [5.74, 6) is 0. The molecule has 0 saturated carbocycles. The zero-order valence-corrected chi connectivity index (χ0v) is 8.16. The Labute approximate surface area is 80.0 Å². The van der Waals surface area contributed by atoms with Gasteiger partial charge in [0.25, 0.3) is 0 Å². The number of halogens is 1. The monoisotopic (exact) mass is 227 g/mol. The largest absolute Gasteiger partial charge is 0.411 e. The SMILES string of the molecule is ON=CCCc1ccc(Br)cc1. The van der Waals surface area contributed by atoms with Crippen molar-refractivity contribution in [2.75, 3.05) is 0 Å². The van der Waals surface area contributed by atoms with Gasteiger partial charge in [-0.2, -0.15) is 0 Å². The highest BCUT2D eigenvalue weighted by Gasteiger charge is 1.90. The lowest BCUT2D eigenvalue weighted by molar-refractivity contribution is 0.320. The molecule has 0 unspecified atom stereocenters. The molecule has 0 aliphatic carbocycles. The number of nitrogens with zero attached hydrogens (tertiary/aromatic N) is 1. The number of benzene rings is 1. The fourth-order valence-corrected chi connectivity index (χ4v) is 1.20. The van der Waals surface area contributed by atoms with E-state index in [9.17, 15) is 0 Å². The molecule has 12 heavy (non-hydrogen) atoms. The number of rotatable bonds is 3. The average Bonchev–Trinajstić information content (AvgIpc) is 2.09. The second kappa shape index (κ2) is 4.93. The van der Waals surface area contributed by atoms with Crippen molar-refractivity contribution in [3.63, 3.8) is 0 Å². The van der Waals surface area contributed by atoms with Crippen LogP contribution in [0.25, 0.3) is 0 Å². The van der Waals surface area contributed by atoms with Crippen LogP contribution in [0.4, 0.5) is 0 Å². The number of hydrogen-bond acceptors (Lipinski definition) is 2. The minimum absolute atomic E-state index is 0.776. The van der Waals surface area contributed by atoms with Crippen molar-refractivity contribution >= 4 is 22.1 Å². The lowest BCUT2D eigenvalue weighted by Gasteiger charge is -1.96. The zero-order valence-electron chi connectivity index (χ0n) is 6.57. The van der Waals surface area contributed by atoms with Crippen molar-refractivity contribution < 1.29 is 5.21 Å². The molecule has 0 saturated heterocycles. The van der Waals surface area contributed by atoms with Crippen LogP contribution < -0.4 is 0 Å². The summed E-state index contributed by atoms with van der Waals surface area (Å²) in [6, 6.07) is 8.11. The molecule has 0 fully saturated rings. The van der Waals surface area contributed by atoms with E-state index in [1.54, 1.807) is 0 Å². The van der Waals surface area contributed by atoms with Crippen LogP contribution in [0.15, 0.2) is 33.9 Å². The Morgan fingerprint density at radius 2 is 2.00 bits per heavy atom. The molecule has 3 heteroatoms. The van der Waals surface area contributed by atoms with E-state index in [1.807, 2.05) is 12.1 Å². The quantitative estimate of drug-likeness (QED) is 0.481. The van der Waals surface area contributed by atoms with E-state index in [-0.39, 0.29) is 0 Å². The van der Waals surface area contributed by atoms with Gasteiger partial charge in [-0.15, -0.1) is 5.16 Å². The number of oxime groups is 1. The molecule has 1 rings (SSSR count). The van der Waals surface area contributed by atoms with Crippen molar-refractivity contribution in [3.8, 4) is 0 Å². The normalized spacial score (nSPS) is 10.8. The molecule has 0 amide bonds. The van der Waals surface area contributed by atoms with Crippen molar-refractivity contribution in [2.24, 2.45) is 5.16 Å². The predicted octanol–water partition coefficient (Wildman–Crippen LogP) is 2.84. The van der Waals surface area contributed by atoms with E-state index in [0.717, 1.165) is 17.3 Å². The van der Waals surface area contributed by atoms with Crippen LogP contribution in [0, 0.1) is 0 Å². The summed E-state index contributed by atoms with van der Waals surface area (Å²) in [5.41, 5.74) is 1.25. The molecule has 0 spiro atoms. The highest BCUT2D eigenvalue weighted by atomic mass is 79.9. The van der Waals surface area contributed by atoms with Crippen LogP contribution in [-0.4, -0.2) is 11.4 Å². The van der Waals surface area contributed by atoms with Gasteiger partial charge < -0.3 is 5.21 Å². The van der Waals surface area contributed by atoms with E-state index in [4.69, 9.17) is 5.21 Å². The molecule has 0 heterocycles. The van der Waals surface area contributed by atoms with Crippen LogP contribution in [0.5, 0.6) is 0 Å². The minimum Gasteiger partial charge on any atom is -0.411 e. The van der Waals surface area contributed by atoms with Gasteiger partial charge in [-0.3, -0.25) is 0 Å². The van der Waals surface area contributed by atoms with E-state index in [0.29, 0.717) is 0 Å². The summed E-state index contributed by atoms with van der Waals surface area (Å²) < 4.78 is 1.09. The molecule has 2 nitrogen and oxygen atoms in total. The predicted molar refractivity (Wildman–Crippen MR) is 52.7 cm³/mol. The van der Waals surface area contributed by atoms with E-state index in [1.165, 1.54) is 11.8 Å². The number of hydrogen-bond donors (Lipinski definition) is 1. The van der Waals surface area contributed by atoms with Crippen molar-refractivity contribution in [1.82, 2.24) is 0 Å². The fourth-order valence-electron chi connectivity index (χ4n) is 0.940. The molecular formula is C9H10BrNO. The zero-order chi connectivity index (χ0) is 8.81. The van der Waals surface area contributed by atoms with Gasteiger partial charge in [-0.25, -0.2) is 0 Å². The fraction of sp³-hybridized carbons (Fsp3) is 0.222. The van der Waals surface area contributed by atoms with Crippen molar-refractivity contribution in [1.29, 1.82) is 0 Å². The molecule has 0 aliphatic rings. The highest BCUT2D eigenvalue weighted by molar-refractivity contribution is 9.10. The second-order valence-corrected chi connectivity index (χ2v) is 3.38. The molecule has 0 aliphatic heterocycles. The summed E-state index contributed by atoms with van der Waals surface area (Å²) >= 11 is 3.36. The molecule has 1 N–H and O–H groups in total. The molecule has 64 valence electrons. The third kappa shape index (κ3) is 3.05. The highest BCUT2D eigenvalue weighted by Crippen LogP contribution is 2.11. The summed E-state index contributed by atoms with van der Waals surface area (Å²) in [6.07, 6.45) is 3.19. The lowest BCUT2D eigenvalue weighted by atomic mass is 10.1. The Morgan fingerprint density at radius 3 is 2.58 bits per heavy atom. The third-order valence-electron chi connectivity index (χ3n) is 1.56. The van der Waals surface area contributed by atoms with Crippen LogP contribution in [0.2, 0.25) is 0 Å². The van der Waals surface area contributed by atoms with Crippen LogP contribution in [-0.2, 0) is 6.42 Å². The third-order valence-corrected chi connectivity index (χ3v) is 2.09. The summed E-state index contributed by atoms with van der Waals surface area (Å²) in [6.45, 7) is 0. The summed E-state index contributed by atoms with van der Waals surface area (Å²) in [5, 5.41) is 11.1. The Hall–Kier alpha value is -0.830. The minimum atomic E-state index is 0.776. The van der Waals surface area contributed by atoms with Gasteiger partial charge in [-0.05, 0) is 30.5 Å². The van der Waals surface area contributed by atoms with E-state index < -0.39 is 0 Å². The first-order valence-electron chi connectivity index (χ1n) is 3.73. The molecule has 0 atom stereocenters. The lowest BCUT2D eigenvalue weighted by Crippen LogP contribution is -1.85. The topological polar surface area (TPSA) is 32.6 Å². The maximum Gasteiger partial charge on any atom is 0.0439 e. The molecule has 1 aromatic rings. The summed E-state index contributed by atoms with van der Waals surface area (Å²) in [7, 11) is 0. The molecule has 0 bridgehead atoms. The van der Waals surface area contributed by atoms with Gasteiger partial charge in [0.1, 0.15) is 0 Å². The molecule has 0 aromatic heterocycles. The van der Waals surface area contributed by atoms with Gasteiger partial charge in [0, 0.05) is 10.7 Å². The van der Waals surface area contributed by atoms with E-state index in [2.05, 4.69) is 33.2 Å². The van der Waals surface area contributed by atoms with Crippen molar-refractivity contribution in [3.05, 3.63) is 34.3 Å². The Balaban J connectivity index is 2.47. The van der Waals surface area contributed by atoms with E-state index >= 15 is 0 Å². The maximum absolute atomic E-state index is 8.15. The first kappa shape index (κ1) is 9.26.